The van der Waals surface area contributed by atoms with Gasteiger partial charge in [-0.3, -0.25) is 0 Å². The quantitative estimate of drug-likeness (QED) is 0.698. The van der Waals surface area contributed by atoms with Crippen molar-refractivity contribution >= 4 is 38.3 Å². The third kappa shape index (κ3) is 4.66. The minimum Gasteiger partial charge on any atom is -0.223 e. The van der Waals surface area contributed by atoms with E-state index in [-0.39, 0.29) is 9.47 Å². The van der Waals surface area contributed by atoms with E-state index in [1.807, 2.05) is 72.8 Å². The van der Waals surface area contributed by atoms with Gasteiger partial charge in [0.1, 0.15) is 0 Å². The van der Waals surface area contributed by atoms with Gasteiger partial charge in [0.2, 0.25) is 9.47 Å². The lowest BCUT2D eigenvalue weighted by Crippen LogP contribution is -2.11. The zero-order valence-corrected chi connectivity index (χ0v) is 14.6. The van der Waals surface area contributed by atoms with Crippen LogP contribution in [0.5, 0.6) is 0 Å². The summed E-state index contributed by atoms with van der Waals surface area (Å²) in [6.45, 7) is 0. The molecular formula is C17H14N4O2S2. The highest BCUT2D eigenvalue weighted by atomic mass is 32.2. The maximum Gasteiger partial charge on any atom is 0.267 e. The molecule has 1 aromatic heterocycles. The van der Waals surface area contributed by atoms with Crippen molar-refractivity contribution in [2.75, 3.05) is 0 Å². The summed E-state index contributed by atoms with van der Waals surface area (Å²) in [6, 6.07) is 19.3. The van der Waals surface area contributed by atoms with Crippen molar-refractivity contribution in [1.29, 1.82) is 0 Å². The zero-order chi connectivity index (χ0) is 17.7. The third-order valence-corrected chi connectivity index (χ3v) is 5.29. The van der Waals surface area contributed by atoms with Crippen molar-refractivity contribution < 1.29 is 8.42 Å². The zero-order valence-electron chi connectivity index (χ0n) is 13.0. The molecule has 0 aliphatic heterocycles. The van der Waals surface area contributed by atoms with E-state index in [2.05, 4.69) is 15.2 Å². The van der Waals surface area contributed by atoms with Crippen LogP contribution in [0.25, 0.3) is 6.08 Å². The second kappa shape index (κ2) is 7.47. The molecule has 2 aromatic carbocycles. The lowest BCUT2D eigenvalue weighted by Gasteiger charge is -2.00. The molecule has 3 rings (SSSR count). The molecule has 0 aliphatic carbocycles. The molecule has 0 fully saturated rings. The molecule has 2 N–H and O–H groups in total. The minimum atomic E-state index is -3.88. The molecule has 0 aliphatic rings. The van der Waals surface area contributed by atoms with Crippen LogP contribution < -0.4 is 5.14 Å². The Bertz CT molecular complexity index is 1010. The van der Waals surface area contributed by atoms with E-state index in [0.717, 1.165) is 22.5 Å². The number of allylic oxidation sites excluding steroid dienone is 1. The summed E-state index contributed by atoms with van der Waals surface area (Å²) in [4.78, 5) is 4.43. The molecule has 0 amide bonds. The van der Waals surface area contributed by atoms with Gasteiger partial charge in [0.15, 0.2) is 0 Å². The van der Waals surface area contributed by atoms with E-state index in [0.29, 0.717) is 5.71 Å². The van der Waals surface area contributed by atoms with E-state index in [4.69, 9.17) is 5.14 Å². The average Bonchev–Trinajstić information content (AvgIpc) is 3.09. The predicted molar refractivity (Wildman–Crippen MR) is 99.4 cm³/mol. The standard InChI is InChI=1S/C17H14N4O2S2/c18-25(22,23)17-21-20-16(24-17)19-15(14-9-5-2-6-10-14)12-11-13-7-3-1-4-8-13/h1-12H,(H2,18,22,23)/b12-11+,19-15+. The van der Waals surface area contributed by atoms with Gasteiger partial charge in [-0.05, 0) is 11.6 Å². The van der Waals surface area contributed by atoms with Crippen molar-refractivity contribution in [3.05, 3.63) is 77.9 Å². The molecule has 0 bridgehead atoms. The monoisotopic (exact) mass is 370 g/mol. The Labute approximate surface area is 149 Å². The number of hydrogen-bond donors (Lipinski definition) is 1. The number of sulfonamides is 1. The summed E-state index contributed by atoms with van der Waals surface area (Å²) in [5.74, 6) is 0. The van der Waals surface area contributed by atoms with E-state index in [1.54, 1.807) is 0 Å². The van der Waals surface area contributed by atoms with Crippen LogP contribution in [0.3, 0.4) is 0 Å². The topological polar surface area (TPSA) is 98.3 Å². The first kappa shape index (κ1) is 17.2. The van der Waals surface area contributed by atoms with E-state index in [1.165, 1.54) is 0 Å². The Morgan fingerprint density at radius 2 is 1.64 bits per heavy atom. The van der Waals surface area contributed by atoms with Gasteiger partial charge in [-0.25, -0.2) is 18.5 Å². The molecule has 0 radical (unpaired) electrons. The molecule has 25 heavy (non-hydrogen) atoms. The van der Waals surface area contributed by atoms with Crippen molar-refractivity contribution in [3.63, 3.8) is 0 Å². The Kier molecular flexibility index (Phi) is 5.13. The summed E-state index contributed by atoms with van der Waals surface area (Å²) >= 11 is 0.828. The molecular weight excluding hydrogens is 356 g/mol. The normalized spacial score (nSPS) is 12.6. The van der Waals surface area contributed by atoms with E-state index >= 15 is 0 Å². The highest BCUT2D eigenvalue weighted by Gasteiger charge is 2.15. The maximum absolute atomic E-state index is 11.3. The number of hydrogen-bond acceptors (Lipinski definition) is 6. The summed E-state index contributed by atoms with van der Waals surface area (Å²) in [5, 5.41) is 12.7. The molecule has 0 unspecified atom stereocenters. The summed E-state index contributed by atoms with van der Waals surface area (Å²) in [5.41, 5.74) is 2.54. The number of aromatic nitrogens is 2. The largest absolute Gasteiger partial charge is 0.267 e. The number of nitrogens with zero attached hydrogens (tertiary/aromatic N) is 3. The second-order valence-corrected chi connectivity index (χ2v) is 7.69. The average molecular weight is 370 g/mol. The van der Waals surface area contributed by atoms with Crippen LogP contribution in [0, 0.1) is 0 Å². The van der Waals surface area contributed by atoms with E-state index in [9.17, 15) is 8.42 Å². The fourth-order valence-corrected chi connectivity index (χ4v) is 3.32. The summed E-state index contributed by atoms with van der Waals surface area (Å²) in [6.07, 6.45) is 3.77. The number of aliphatic imine (C=N–C) groups is 1. The molecule has 0 spiro atoms. The van der Waals surface area contributed by atoms with Crippen LogP contribution in [0.1, 0.15) is 11.1 Å². The van der Waals surface area contributed by atoms with Crippen LogP contribution in [0.4, 0.5) is 5.13 Å². The maximum atomic E-state index is 11.3. The van der Waals surface area contributed by atoms with Gasteiger partial charge in [0.25, 0.3) is 10.0 Å². The number of nitrogens with two attached hydrogens (primary N) is 1. The molecule has 0 saturated heterocycles. The highest BCUT2D eigenvalue weighted by Crippen LogP contribution is 2.23. The Morgan fingerprint density at radius 1 is 1.00 bits per heavy atom. The van der Waals surface area contributed by atoms with Gasteiger partial charge in [-0.1, -0.05) is 78.1 Å². The fraction of sp³-hybridized carbons (Fsp3) is 0. The second-order valence-electron chi connectivity index (χ2n) is 5.00. The molecule has 1 heterocycles. The lowest BCUT2D eigenvalue weighted by molar-refractivity contribution is 0.596. The Morgan fingerprint density at radius 3 is 2.24 bits per heavy atom. The van der Waals surface area contributed by atoms with Gasteiger partial charge in [0, 0.05) is 5.56 Å². The van der Waals surface area contributed by atoms with Gasteiger partial charge >= 0.3 is 0 Å². The number of primary sulfonamides is 1. The van der Waals surface area contributed by atoms with Crippen LogP contribution in [0.15, 0.2) is 76.1 Å². The molecule has 126 valence electrons. The van der Waals surface area contributed by atoms with Crippen LogP contribution in [-0.4, -0.2) is 24.3 Å². The van der Waals surface area contributed by atoms with E-state index < -0.39 is 10.0 Å². The Balaban J connectivity index is 1.99. The fourth-order valence-electron chi connectivity index (χ4n) is 2.01. The summed E-state index contributed by atoms with van der Waals surface area (Å²) < 4.78 is 22.4. The molecule has 8 heteroatoms. The Hall–Kier alpha value is -2.68. The first-order valence-electron chi connectivity index (χ1n) is 7.26. The van der Waals surface area contributed by atoms with Gasteiger partial charge in [-0.2, -0.15) is 0 Å². The highest BCUT2D eigenvalue weighted by molar-refractivity contribution is 7.91. The van der Waals surface area contributed by atoms with Crippen molar-refractivity contribution in [2.45, 2.75) is 4.34 Å². The number of benzene rings is 2. The van der Waals surface area contributed by atoms with Crippen LogP contribution in [0.2, 0.25) is 0 Å². The first-order chi connectivity index (χ1) is 12.0. The molecule has 6 nitrogen and oxygen atoms in total. The smallest absolute Gasteiger partial charge is 0.223 e. The van der Waals surface area contributed by atoms with Crippen LogP contribution in [-0.2, 0) is 10.0 Å². The van der Waals surface area contributed by atoms with Crippen molar-refractivity contribution in [1.82, 2.24) is 10.2 Å². The van der Waals surface area contributed by atoms with Gasteiger partial charge in [0.05, 0.1) is 5.71 Å². The summed E-state index contributed by atoms with van der Waals surface area (Å²) in [7, 11) is -3.88. The number of rotatable bonds is 5. The first-order valence-corrected chi connectivity index (χ1v) is 9.62. The van der Waals surface area contributed by atoms with Crippen molar-refractivity contribution in [3.8, 4) is 0 Å². The van der Waals surface area contributed by atoms with Crippen molar-refractivity contribution in [2.24, 2.45) is 10.1 Å². The minimum absolute atomic E-state index is 0.223. The third-order valence-electron chi connectivity index (χ3n) is 3.16. The SMILES string of the molecule is NS(=O)(=O)c1nnc(/N=C(\C=C\c2ccccc2)c2ccccc2)s1. The van der Waals surface area contributed by atoms with Crippen LogP contribution >= 0.6 is 11.3 Å². The molecule has 0 saturated carbocycles. The molecule has 3 aromatic rings. The predicted octanol–water partition coefficient (Wildman–Crippen LogP) is 3.02. The lowest BCUT2D eigenvalue weighted by atomic mass is 10.1. The van der Waals surface area contributed by atoms with Gasteiger partial charge in [-0.15, -0.1) is 10.2 Å². The molecule has 0 atom stereocenters. The van der Waals surface area contributed by atoms with Gasteiger partial charge < -0.3 is 0 Å².